The lowest BCUT2D eigenvalue weighted by molar-refractivity contribution is 0.464. The number of aromatic nitrogens is 2. The van der Waals surface area contributed by atoms with E-state index in [1.807, 2.05) is 4.98 Å². The van der Waals surface area contributed by atoms with Gasteiger partial charge in [0.1, 0.15) is 11.1 Å². The van der Waals surface area contributed by atoms with Crippen molar-refractivity contribution in [3.63, 3.8) is 0 Å². The predicted molar refractivity (Wildman–Crippen MR) is 45.4 cm³/mol. The molecule has 0 fully saturated rings. The van der Waals surface area contributed by atoms with E-state index < -0.39 is 22.6 Å². The summed E-state index contributed by atoms with van der Waals surface area (Å²) in [6.07, 6.45) is 0. The first-order valence-electron chi connectivity index (χ1n) is 3.57. The second kappa shape index (κ2) is 2.59. The van der Waals surface area contributed by atoms with Crippen molar-refractivity contribution in [1.82, 2.24) is 9.97 Å². The molecule has 2 aromatic rings. The fourth-order valence-electron chi connectivity index (χ4n) is 1.09. The number of fused-ring (bicyclic) bond motifs is 1. The van der Waals surface area contributed by atoms with E-state index in [4.69, 9.17) is 0 Å². The van der Waals surface area contributed by atoms with Crippen molar-refractivity contribution in [2.45, 2.75) is 0 Å². The van der Waals surface area contributed by atoms with Gasteiger partial charge in [-0.15, -0.1) is 0 Å². The van der Waals surface area contributed by atoms with E-state index in [-0.39, 0.29) is 11.1 Å². The molecule has 2 rings (SSSR count). The average molecular weight is 196 g/mol. The minimum absolute atomic E-state index is 0.260. The molecule has 2 heterocycles. The van der Waals surface area contributed by atoms with Crippen molar-refractivity contribution in [1.29, 1.82) is 0 Å². The third-order valence-corrected chi connectivity index (χ3v) is 1.62. The van der Waals surface area contributed by atoms with Crippen molar-refractivity contribution in [2.75, 3.05) is 0 Å². The molecule has 0 atom stereocenters. The van der Waals surface area contributed by atoms with E-state index in [9.17, 15) is 19.5 Å². The van der Waals surface area contributed by atoms with E-state index in [0.717, 1.165) is 6.07 Å². The number of nitrogens with one attached hydrogen (secondary N) is 2. The summed E-state index contributed by atoms with van der Waals surface area (Å²) < 4.78 is 4.51. The van der Waals surface area contributed by atoms with Gasteiger partial charge in [0, 0.05) is 0 Å². The van der Waals surface area contributed by atoms with Crippen molar-refractivity contribution in [3.8, 4) is 5.75 Å². The molecule has 0 unspecified atom stereocenters. The first kappa shape index (κ1) is 8.30. The maximum absolute atomic E-state index is 11.1. The summed E-state index contributed by atoms with van der Waals surface area (Å²) in [5.41, 5.74) is -2.82. The molecular weight excluding hydrogens is 192 g/mol. The Morgan fingerprint density at radius 3 is 2.64 bits per heavy atom. The lowest BCUT2D eigenvalue weighted by Gasteiger charge is -1.95. The highest BCUT2D eigenvalue weighted by molar-refractivity contribution is 5.77. The van der Waals surface area contributed by atoms with E-state index in [2.05, 4.69) is 9.40 Å². The van der Waals surface area contributed by atoms with Crippen LogP contribution in [0, 0.1) is 0 Å². The maximum atomic E-state index is 11.1. The van der Waals surface area contributed by atoms with Gasteiger partial charge in [-0.25, -0.2) is 9.59 Å². The van der Waals surface area contributed by atoms with E-state index in [1.54, 1.807) is 0 Å². The van der Waals surface area contributed by atoms with Gasteiger partial charge in [-0.2, -0.15) is 0 Å². The quantitative estimate of drug-likeness (QED) is 0.493. The zero-order valence-corrected chi connectivity index (χ0v) is 6.66. The van der Waals surface area contributed by atoms with Crippen LogP contribution in [0.4, 0.5) is 0 Å². The third kappa shape index (κ3) is 1.11. The molecule has 72 valence electrons. The molecule has 7 nitrogen and oxygen atoms in total. The normalized spacial score (nSPS) is 10.6. The van der Waals surface area contributed by atoms with Crippen molar-refractivity contribution in [3.05, 3.63) is 37.3 Å². The van der Waals surface area contributed by atoms with Crippen LogP contribution in [0.5, 0.6) is 5.75 Å². The summed E-state index contributed by atoms with van der Waals surface area (Å²) in [4.78, 5) is 36.6. The Hall–Kier alpha value is -2.31. The van der Waals surface area contributed by atoms with Crippen LogP contribution in [0.1, 0.15) is 0 Å². The molecule has 2 aromatic heterocycles. The van der Waals surface area contributed by atoms with Crippen LogP contribution in [0.3, 0.4) is 0 Å². The molecule has 0 saturated heterocycles. The number of aromatic hydroxyl groups is 1. The summed E-state index contributed by atoms with van der Waals surface area (Å²) in [6.45, 7) is 0. The van der Waals surface area contributed by atoms with Crippen LogP contribution in [0.15, 0.2) is 24.9 Å². The van der Waals surface area contributed by atoms with E-state index >= 15 is 0 Å². The molecule has 0 aliphatic rings. The summed E-state index contributed by atoms with van der Waals surface area (Å²) >= 11 is 0. The standard InChI is InChI=1S/C7H4N2O5/c10-2-1-3(11)14-6-4(2)5(12)8-7(13)9-6/h1,10H,(H2,8,9,12,13). The molecule has 0 aliphatic carbocycles. The lowest BCUT2D eigenvalue weighted by atomic mass is 10.3. The van der Waals surface area contributed by atoms with Gasteiger partial charge in [0.15, 0.2) is 0 Å². The third-order valence-electron chi connectivity index (χ3n) is 1.62. The van der Waals surface area contributed by atoms with Crippen LogP contribution < -0.4 is 16.9 Å². The largest absolute Gasteiger partial charge is 0.507 e. The van der Waals surface area contributed by atoms with Gasteiger partial charge >= 0.3 is 11.3 Å². The fraction of sp³-hybridized carbons (Fsp3) is 0. The Labute approximate surface area is 74.6 Å². The van der Waals surface area contributed by atoms with Crippen molar-refractivity contribution >= 4 is 11.1 Å². The highest BCUT2D eigenvalue weighted by Gasteiger charge is 2.09. The number of aromatic amines is 2. The minimum atomic E-state index is -0.851. The van der Waals surface area contributed by atoms with Gasteiger partial charge in [-0.1, -0.05) is 0 Å². The highest BCUT2D eigenvalue weighted by Crippen LogP contribution is 2.14. The maximum Gasteiger partial charge on any atom is 0.341 e. The minimum Gasteiger partial charge on any atom is -0.507 e. The smallest absolute Gasteiger partial charge is 0.341 e. The number of H-pyrrole nitrogens is 2. The van der Waals surface area contributed by atoms with E-state index in [0.29, 0.717) is 0 Å². The molecule has 14 heavy (non-hydrogen) atoms. The first-order valence-corrected chi connectivity index (χ1v) is 3.57. The van der Waals surface area contributed by atoms with Gasteiger partial charge in [0.2, 0.25) is 5.71 Å². The predicted octanol–water partition coefficient (Wildman–Crippen LogP) is -1.12. The second-order valence-electron chi connectivity index (χ2n) is 2.56. The Morgan fingerprint density at radius 2 is 1.93 bits per heavy atom. The summed E-state index contributed by atoms with van der Waals surface area (Å²) in [5.74, 6) is -0.534. The molecule has 0 aliphatic heterocycles. The molecule has 0 spiro atoms. The Bertz CT molecular complexity index is 657. The Kier molecular flexibility index (Phi) is 1.53. The fourth-order valence-corrected chi connectivity index (χ4v) is 1.09. The van der Waals surface area contributed by atoms with Crippen LogP contribution in [-0.4, -0.2) is 15.1 Å². The monoisotopic (exact) mass is 196 g/mol. The average Bonchev–Trinajstić information content (AvgIpc) is 1.99. The topological polar surface area (TPSA) is 116 Å². The molecule has 0 aromatic carbocycles. The van der Waals surface area contributed by atoms with E-state index in [1.165, 1.54) is 0 Å². The van der Waals surface area contributed by atoms with Gasteiger partial charge in [0.05, 0.1) is 6.07 Å². The SMILES string of the molecule is O=c1[nH]c(=O)c2c(O)cc(=O)oc2[nH]1. The molecule has 3 N–H and O–H groups in total. The van der Waals surface area contributed by atoms with Crippen molar-refractivity contribution < 1.29 is 9.52 Å². The van der Waals surface area contributed by atoms with Gasteiger partial charge in [-0.05, 0) is 0 Å². The summed E-state index contributed by atoms with van der Waals surface area (Å²) in [6, 6.07) is 0.746. The molecule has 0 amide bonds. The van der Waals surface area contributed by atoms with Gasteiger partial charge in [0.25, 0.3) is 5.56 Å². The molecule has 0 bridgehead atoms. The molecule has 0 saturated carbocycles. The van der Waals surface area contributed by atoms with Gasteiger partial charge < -0.3 is 9.52 Å². The zero-order valence-electron chi connectivity index (χ0n) is 6.66. The highest BCUT2D eigenvalue weighted by atomic mass is 16.4. The lowest BCUT2D eigenvalue weighted by Crippen LogP contribution is -2.22. The number of rotatable bonds is 0. The summed E-state index contributed by atoms with van der Waals surface area (Å²) in [5, 5.41) is 8.96. The van der Waals surface area contributed by atoms with Crippen molar-refractivity contribution in [2.24, 2.45) is 0 Å². The zero-order chi connectivity index (χ0) is 10.3. The molecule has 7 heteroatoms. The van der Waals surface area contributed by atoms with Crippen LogP contribution in [0.25, 0.3) is 11.1 Å². The second-order valence-corrected chi connectivity index (χ2v) is 2.56. The Morgan fingerprint density at radius 1 is 1.21 bits per heavy atom. The number of hydrogen-bond acceptors (Lipinski definition) is 5. The van der Waals surface area contributed by atoms with Crippen LogP contribution in [0.2, 0.25) is 0 Å². The molecular formula is C7H4N2O5. The first-order chi connectivity index (χ1) is 6.58. The van der Waals surface area contributed by atoms with Crippen LogP contribution in [-0.2, 0) is 0 Å². The summed E-state index contributed by atoms with van der Waals surface area (Å²) in [7, 11) is 0. The molecule has 0 radical (unpaired) electrons. The van der Waals surface area contributed by atoms with Gasteiger partial charge in [-0.3, -0.25) is 14.8 Å². The number of hydrogen-bond donors (Lipinski definition) is 3. The van der Waals surface area contributed by atoms with Crippen LogP contribution >= 0.6 is 0 Å². The Balaban J connectivity index is 3.18.